The number of anilines is 1. The molecule has 2 aromatic carbocycles. The number of H-pyrrole nitrogens is 1. The number of rotatable bonds is 6. The molecule has 0 spiro atoms. The second kappa shape index (κ2) is 8.02. The van der Waals surface area contributed by atoms with Crippen LogP contribution in [0, 0.1) is 10.1 Å². The molecule has 6 N–H and O–H groups in total. The Labute approximate surface area is 177 Å². The van der Waals surface area contributed by atoms with Gasteiger partial charge in [0.05, 0.1) is 4.92 Å². The van der Waals surface area contributed by atoms with Crippen molar-refractivity contribution in [2.45, 2.75) is 0 Å². The van der Waals surface area contributed by atoms with Gasteiger partial charge in [0, 0.05) is 11.6 Å². The zero-order chi connectivity index (χ0) is 23.7. The van der Waals surface area contributed by atoms with E-state index in [-0.39, 0.29) is 11.1 Å². The SMILES string of the molecule is Nc1[nH]c(=O)c(C(=O)O)c(-c2ccc(-c3ccc(C(=O)O)c([N+](=O)[O-])c3)cc2)c1C(=O)O. The fourth-order valence-corrected chi connectivity index (χ4v) is 3.21. The quantitative estimate of drug-likeness (QED) is 0.279. The minimum atomic E-state index is -1.66. The van der Waals surface area contributed by atoms with Crippen LogP contribution in [0.25, 0.3) is 22.3 Å². The highest BCUT2D eigenvalue weighted by molar-refractivity contribution is 6.07. The maximum Gasteiger partial charge on any atom is 0.342 e. The summed E-state index contributed by atoms with van der Waals surface area (Å²) >= 11 is 0. The molecule has 0 atom stereocenters. The van der Waals surface area contributed by atoms with E-state index in [2.05, 4.69) is 0 Å². The minimum Gasteiger partial charge on any atom is -0.478 e. The standard InChI is InChI=1S/C20H13N3O9/c21-16-14(19(27)28)13(15(20(29)30)17(24)22-16)9-3-1-8(2-4-9)10-5-6-11(18(25)26)12(7-10)23(31)32/h1-7H,(H,25,26)(H,27,28)(H,29,30)(H3,21,22,24). The fourth-order valence-electron chi connectivity index (χ4n) is 3.21. The average molecular weight is 439 g/mol. The third kappa shape index (κ3) is 3.75. The van der Waals surface area contributed by atoms with Crippen molar-refractivity contribution >= 4 is 29.4 Å². The van der Waals surface area contributed by atoms with Gasteiger partial charge in [-0.25, -0.2) is 14.4 Å². The van der Waals surface area contributed by atoms with Crippen LogP contribution >= 0.6 is 0 Å². The number of nitrogen functional groups attached to an aromatic ring is 1. The van der Waals surface area contributed by atoms with Crippen LogP contribution in [0.1, 0.15) is 31.1 Å². The summed E-state index contributed by atoms with van der Waals surface area (Å²) < 4.78 is 0. The van der Waals surface area contributed by atoms with Crippen LogP contribution in [0.4, 0.5) is 11.5 Å². The number of benzene rings is 2. The van der Waals surface area contributed by atoms with Gasteiger partial charge in [-0.05, 0) is 22.8 Å². The van der Waals surface area contributed by atoms with Gasteiger partial charge in [-0.2, -0.15) is 0 Å². The molecular formula is C20H13N3O9. The first-order valence-corrected chi connectivity index (χ1v) is 8.67. The molecule has 0 saturated heterocycles. The van der Waals surface area contributed by atoms with Crippen molar-refractivity contribution in [3.63, 3.8) is 0 Å². The van der Waals surface area contributed by atoms with Gasteiger partial charge >= 0.3 is 17.9 Å². The Morgan fingerprint density at radius 1 is 0.844 bits per heavy atom. The van der Waals surface area contributed by atoms with E-state index in [0.29, 0.717) is 5.56 Å². The van der Waals surface area contributed by atoms with Gasteiger partial charge in [0.1, 0.15) is 22.5 Å². The number of nitrogens with two attached hydrogens (primary N) is 1. The molecule has 32 heavy (non-hydrogen) atoms. The van der Waals surface area contributed by atoms with Gasteiger partial charge in [0.25, 0.3) is 11.2 Å². The number of aromatic nitrogens is 1. The summed E-state index contributed by atoms with van der Waals surface area (Å²) in [6.45, 7) is 0. The van der Waals surface area contributed by atoms with Crippen molar-refractivity contribution in [3.05, 3.63) is 79.6 Å². The molecule has 0 aliphatic carbocycles. The first-order valence-electron chi connectivity index (χ1n) is 8.67. The second-order valence-corrected chi connectivity index (χ2v) is 6.47. The van der Waals surface area contributed by atoms with Crippen LogP contribution in [0.5, 0.6) is 0 Å². The molecule has 0 unspecified atom stereocenters. The van der Waals surface area contributed by atoms with E-state index >= 15 is 0 Å². The van der Waals surface area contributed by atoms with E-state index in [0.717, 1.165) is 12.1 Å². The van der Waals surface area contributed by atoms with E-state index < -0.39 is 62.1 Å². The second-order valence-electron chi connectivity index (χ2n) is 6.47. The number of nitro groups is 1. The molecule has 0 fully saturated rings. The number of nitrogens with zero attached hydrogens (tertiary/aromatic N) is 1. The number of aromatic amines is 1. The monoisotopic (exact) mass is 439 g/mol. The Bertz CT molecular complexity index is 1360. The molecule has 0 aliphatic rings. The molecular weight excluding hydrogens is 426 g/mol. The van der Waals surface area contributed by atoms with Crippen molar-refractivity contribution in [2.24, 2.45) is 0 Å². The number of aromatic carboxylic acids is 3. The summed E-state index contributed by atoms with van der Waals surface area (Å²) in [4.78, 5) is 58.9. The number of nitro benzene ring substituents is 1. The Balaban J connectivity index is 2.19. The van der Waals surface area contributed by atoms with Crippen LogP contribution in [0.2, 0.25) is 0 Å². The highest BCUT2D eigenvalue weighted by Crippen LogP contribution is 2.32. The lowest BCUT2D eigenvalue weighted by atomic mass is 9.93. The van der Waals surface area contributed by atoms with E-state index in [1.165, 1.54) is 30.3 Å². The summed E-state index contributed by atoms with van der Waals surface area (Å²) in [7, 11) is 0. The summed E-state index contributed by atoms with van der Waals surface area (Å²) in [6.07, 6.45) is 0. The number of carbonyl (C=O) groups is 3. The number of nitrogens with one attached hydrogen (secondary N) is 1. The first kappa shape index (κ1) is 21.7. The predicted molar refractivity (Wildman–Crippen MR) is 110 cm³/mol. The summed E-state index contributed by atoms with van der Waals surface area (Å²) in [5.41, 5.74) is 2.31. The minimum absolute atomic E-state index is 0.0537. The maximum atomic E-state index is 12.1. The normalized spacial score (nSPS) is 10.5. The van der Waals surface area contributed by atoms with E-state index in [9.17, 15) is 39.5 Å². The van der Waals surface area contributed by atoms with E-state index in [4.69, 9.17) is 10.8 Å². The van der Waals surface area contributed by atoms with Crippen molar-refractivity contribution in [1.29, 1.82) is 0 Å². The molecule has 1 aromatic heterocycles. The smallest absolute Gasteiger partial charge is 0.342 e. The Kier molecular flexibility index (Phi) is 5.44. The average Bonchev–Trinajstić information content (AvgIpc) is 2.72. The molecule has 3 aromatic rings. The molecule has 0 saturated carbocycles. The summed E-state index contributed by atoms with van der Waals surface area (Å²) in [5, 5.41) is 39.2. The molecule has 0 bridgehead atoms. The zero-order valence-electron chi connectivity index (χ0n) is 15.9. The molecule has 0 aliphatic heterocycles. The number of carboxylic acids is 3. The largest absolute Gasteiger partial charge is 0.478 e. The summed E-state index contributed by atoms with van der Waals surface area (Å²) in [5.74, 6) is -5.20. The van der Waals surface area contributed by atoms with Gasteiger partial charge in [0.15, 0.2) is 0 Å². The predicted octanol–water partition coefficient (Wildman–Crippen LogP) is 2.29. The number of hydrogen-bond acceptors (Lipinski definition) is 7. The Hall–Kier alpha value is -5.00. The third-order valence-electron chi connectivity index (χ3n) is 4.60. The molecule has 3 rings (SSSR count). The summed E-state index contributed by atoms with van der Waals surface area (Å²) in [6, 6.07) is 8.94. The number of carboxylic acid groups (broad SMARTS) is 3. The molecule has 1 heterocycles. The van der Waals surface area contributed by atoms with Crippen molar-refractivity contribution in [2.75, 3.05) is 5.73 Å². The fraction of sp³-hybridized carbons (Fsp3) is 0. The maximum absolute atomic E-state index is 12.1. The number of pyridine rings is 1. The van der Waals surface area contributed by atoms with Crippen molar-refractivity contribution in [3.8, 4) is 22.3 Å². The van der Waals surface area contributed by atoms with Crippen LogP contribution in [0.3, 0.4) is 0 Å². The lowest BCUT2D eigenvalue weighted by Gasteiger charge is -2.12. The molecule has 0 radical (unpaired) electrons. The van der Waals surface area contributed by atoms with E-state index in [1.54, 1.807) is 0 Å². The third-order valence-corrected chi connectivity index (χ3v) is 4.60. The number of hydrogen-bond donors (Lipinski definition) is 5. The van der Waals surface area contributed by atoms with E-state index in [1.807, 2.05) is 4.98 Å². The lowest BCUT2D eigenvalue weighted by Crippen LogP contribution is -2.24. The molecule has 12 heteroatoms. The highest BCUT2D eigenvalue weighted by atomic mass is 16.6. The van der Waals surface area contributed by atoms with Gasteiger partial charge in [-0.1, -0.05) is 30.3 Å². The molecule has 162 valence electrons. The molecule has 0 amide bonds. The van der Waals surface area contributed by atoms with Gasteiger partial charge in [-0.15, -0.1) is 0 Å². The zero-order valence-corrected chi connectivity index (χ0v) is 15.9. The van der Waals surface area contributed by atoms with Gasteiger partial charge < -0.3 is 26.0 Å². The van der Waals surface area contributed by atoms with Crippen LogP contribution in [0.15, 0.2) is 47.3 Å². The van der Waals surface area contributed by atoms with Crippen molar-refractivity contribution in [1.82, 2.24) is 4.98 Å². The Morgan fingerprint density at radius 2 is 1.38 bits per heavy atom. The first-order chi connectivity index (χ1) is 15.0. The van der Waals surface area contributed by atoms with Crippen LogP contribution in [-0.4, -0.2) is 43.1 Å². The van der Waals surface area contributed by atoms with Gasteiger partial charge in [-0.3, -0.25) is 14.9 Å². The topological polar surface area (TPSA) is 214 Å². The van der Waals surface area contributed by atoms with Gasteiger partial charge in [0.2, 0.25) is 0 Å². The van der Waals surface area contributed by atoms with Crippen molar-refractivity contribution < 1.29 is 34.6 Å². The lowest BCUT2D eigenvalue weighted by molar-refractivity contribution is -0.385. The van der Waals surface area contributed by atoms with Crippen LogP contribution in [-0.2, 0) is 0 Å². The highest BCUT2D eigenvalue weighted by Gasteiger charge is 2.26. The Morgan fingerprint density at radius 3 is 1.88 bits per heavy atom. The molecule has 12 nitrogen and oxygen atoms in total. The van der Waals surface area contributed by atoms with Crippen LogP contribution < -0.4 is 11.3 Å².